The topological polar surface area (TPSA) is 240 Å². The van der Waals surface area contributed by atoms with E-state index in [0.29, 0.717) is 41.3 Å². The highest BCUT2D eigenvalue weighted by atomic mass is 32.2. The van der Waals surface area contributed by atoms with Crippen molar-refractivity contribution in [2.45, 2.75) is 167 Å². The molecule has 12 atom stereocenters. The van der Waals surface area contributed by atoms with Crippen LogP contribution in [0.1, 0.15) is 99.1 Å². The predicted molar refractivity (Wildman–Crippen MR) is 303 cm³/mol. The fourth-order valence-electron chi connectivity index (χ4n) is 10.3. The SMILES string of the molecule is CC[C@H]1NC(=O)[C@@]2(C)CSC(=N2)[C@H](Cc2ccccc2)N(C)C(=O)[C@@H]2CCCN2C(=O)[C@H](C(C)C)N(C)C(=O)[C@H](Cc2ccccc2)OC(=O)[C@H](C)[C@@H](C)NC(=O)[C@@H]([C@@H](C)O)NC(=O)[C@@H](CC(C)C)N(C)C(=O)[C@@H]2CSC1=N2. The third-order valence-corrected chi connectivity index (χ3v) is 17.9. The zero-order valence-electron chi connectivity index (χ0n) is 47.3. The number of likely N-dealkylation sites (N-methyl/N-ethyl adjacent to an activating group) is 3. The Labute approximate surface area is 468 Å². The first-order valence-electron chi connectivity index (χ1n) is 27.3. The van der Waals surface area contributed by atoms with Crippen LogP contribution in [0.5, 0.6) is 0 Å². The number of hydrogen-bond acceptors (Lipinski definition) is 14. The molecule has 426 valence electrons. The number of rotatable bonds is 9. The molecule has 19 nitrogen and oxygen atoms in total. The van der Waals surface area contributed by atoms with Gasteiger partial charge in [0.15, 0.2) is 6.10 Å². The summed E-state index contributed by atoms with van der Waals surface area (Å²) in [5.41, 5.74) is 0.370. The Morgan fingerprint density at radius 2 is 1.36 bits per heavy atom. The zero-order valence-corrected chi connectivity index (χ0v) is 48.9. The summed E-state index contributed by atoms with van der Waals surface area (Å²) >= 11 is 2.75. The number of aliphatic hydroxyl groups is 1. The normalized spacial score (nSPS) is 30.3. The number of carbonyl (C=O) groups excluding carboxylic acids is 8. The fourth-order valence-corrected chi connectivity index (χ4v) is 12.8. The van der Waals surface area contributed by atoms with Gasteiger partial charge in [-0.3, -0.25) is 48.3 Å². The van der Waals surface area contributed by atoms with Gasteiger partial charge in [0, 0.05) is 51.7 Å². The van der Waals surface area contributed by atoms with E-state index in [1.165, 1.54) is 61.3 Å². The number of nitrogens with one attached hydrogen (secondary N) is 3. The molecule has 4 bridgehead atoms. The van der Waals surface area contributed by atoms with E-state index in [0.717, 1.165) is 5.56 Å². The maximum atomic E-state index is 15.0. The van der Waals surface area contributed by atoms with Crippen LogP contribution >= 0.6 is 23.5 Å². The summed E-state index contributed by atoms with van der Waals surface area (Å²) in [6.45, 7) is 15.8. The Kier molecular flexibility index (Phi) is 21.2. The summed E-state index contributed by atoms with van der Waals surface area (Å²) < 4.78 is 6.06. The molecule has 6 rings (SSSR count). The molecule has 2 aromatic rings. The average molecular weight is 1120 g/mol. The highest BCUT2D eigenvalue weighted by molar-refractivity contribution is 8.14. The minimum Gasteiger partial charge on any atom is -0.452 e. The Hall–Kier alpha value is -5.80. The number of nitrogens with zero attached hydrogens (tertiary/aromatic N) is 6. The van der Waals surface area contributed by atoms with Gasteiger partial charge in [0.1, 0.15) is 35.7 Å². The van der Waals surface area contributed by atoms with Crippen molar-refractivity contribution in [2.75, 3.05) is 39.2 Å². The quantitative estimate of drug-likeness (QED) is 0.262. The van der Waals surface area contributed by atoms with E-state index in [-0.39, 0.29) is 48.6 Å². The molecule has 1 fully saturated rings. The van der Waals surface area contributed by atoms with Gasteiger partial charge in [-0.2, -0.15) is 0 Å². The minimum atomic E-state index is -1.50. The molecule has 4 aliphatic rings. The van der Waals surface area contributed by atoms with Crippen molar-refractivity contribution in [3.8, 4) is 0 Å². The lowest BCUT2D eigenvalue weighted by molar-refractivity contribution is -0.166. The number of hydrogen-bond donors (Lipinski definition) is 4. The summed E-state index contributed by atoms with van der Waals surface area (Å²) in [4.78, 5) is 132. The number of ether oxygens (including phenoxy) is 1. The lowest BCUT2D eigenvalue weighted by atomic mass is 9.98. The van der Waals surface area contributed by atoms with Crippen LogP contribution in [-0.2, 0) is 55.9 Å². The number of benzene rings is 2. The van der Waals surface area contributed by atoms with Crippen LogP contribution in [0, 0.1) is 17.8 Å². The number of carbonyl (C=O) groups is 8. The van der Waals surface area contributed by atoms with Gasteiger partial charge in [-0.05, 0) is 82.8 Å². The molecule has 0 radical (unpaired) electrons. The molecule has 2 aromatic carbocycles. The van der Waals surface area contributed by atoms with Crippen LogP contribution in [-0.4, -0.2) is 187 Å². The molecule has 0 saturated carbocycles. The molecule has 78 heavy (non-hydrogen) atoms. The molecule has 0 aromatic heterocycles. The van der Waals surface area contributed by atoms with Crippen molar-refractivity contribution in [3.63, 3.8) is 0 Å². The van der Waals surface area contributed by atoms with Crippen LogP contribution in [0.3, 0.4) is 0 Å². The van der Waals surface area contributed by atoms with Gasteiger partial charge in [-0.15, -0.1) is 23.5 Å². The standard InChI is InChI=1S/C57H81N9O10S2/c1-13-39-49-59-40(30-77-49)51(70)63(10)42(27-32(2)3)47(68)61-45(36(8)67)48(69)58-35(7)34(6)55(74)76-44(29-38-23-18-15-19-24-38)53(72)65(12)46(33(4)5)54(73)66-26-20-25-41(66)52(71)64(11)43(28-37-21-16-14-17-22-37)50-62-57(9,31-78-50)56(75)60-39/h14-19,21-24,32-36,39-46,67H,13,20,25-31H2,1-12H3,(H,58,69)(H,60,75)(H,61,68)/t34-,35-,36-,39-,40+,41+,42-,43+,44+,45-,46+,57-/m1/s1. The second-order valence-electron chi connectivity index (χ2n) is 22.2. The molecule has 4 heterocycles. The lowest BCUT2D eigenvalue weighted by Crippen LogP contribution is -2.59. The second kappa shape index (κ2) is 26.9. The Bertz CT molecular complexity index is 2570. The van der Waals surface area contributed by atoms with Gasteiger partial charge in [0.2, 0.25) is 35.4 Å². The smallest absolute Gasteiger partial charge is 0.311 e. The van der Waals surface area contributed by atoms with E-state index in [1.54, 1.807) is 55.0 Å². The maximum absolute atomic E-state index is 15.0. The predicted octanol–water partition coefficient (Wildman–Crippen LogP) is 3.89. The first kappa shape index (κ1) is 61.4. The summed E-state index contributed by atoms with van der Waals surface area (Å²) in [5.74, 6) is -5.53. The third kappa shape index (κ3) is 14.5. The number of amides is 7. The molecule has 4 aliphatic heterocycles. The van der Waals surface area contributed by atoms with Gasteiger partial charge in [0.05, 0.1) is 34.2 Å². The number of aliphatic hydroxyl groups excluding tert-OH is 1. The molecule has 21 heteroatoms. The van der Waals surface area contributed by atoms with Gasteiger partial charge < -0.3 is 45.4 Å². The van der Waals surface area contributed by atoms with Gasteiger partial charge in [-0.25, -0.2) is 0 Å². The van der Waals surface area contributed by atoms with Crippen LogP contribution in [0.15, 0.2) is 70.6 Å². The van der Waals surface area contributed by atoms with Crippen molar-refractivity contribution in [1.29, 1.82) is 0 Å². The van der Waals surface area contributed by atoms with Gasteiger partial charge in [-0.1, -0.05) is 95.3 Å². The average Bonchev–Trinajstić information content (AvgIpc) is 4.24. The van der Waals surface area contributed by atoms with Crippen molar-refractivity contribution >= 4 is 80.9 Å². The molecule has 7 amide bonds. The summed E-state index contributed by atoms with van der Waals surface area (Å²) in [5, 5.41) is 20.6. The van der Waals surface area contributed by atoms with E-state index >= 15 is 9.59 Å². The van der Waals surface area contributed by atoms with Crippen molar-refractivity contribution in [2.24, 2.45) is 27.7 Å². The van der Waals surface area contributed by atoms with Crippen LogP contribution in [0.25, 0.3) is 0 Å². The van der Waals surface area contributed by atoms with Crippen LogP contribution in [0.2, 0.25) is 0 Å². The van der Waals surface area contributed by atoms with E-state index in [2.05, 4.69) is 16.0 Å². The first-order valence-corrected chi connectivity index (χ1v) is 29.3. The largest absolute Gasteiger partial charge is 0.452 e. The highest BCUT2D eigenvalue weighted by Crippen LogP contribution is 2.34. The summed E-state index contributed by atoms with van der Waals surface area (Å²) in [6, 6.07) is 11.1. The first-order chi connectivity index (χ1) is 36.9. The van der Waals surface area contributed by atoms with E-state index in [4.69, 9.17) is 14.7 Å². The molecule has 4 N–H and O–H groups in total. The van der Waals surface area contributed by atoms with Crippen molar-refractivity contribution in [1.82, 2.24) is 35.6 Å². The zero-order chi connectivity index (χ0) is 57.3. The fraction of sp³-hybridized carbons (Fsp3) is 0.614. The molecular formula is C57H81N9O10S2. The lowest BCUT2D eigenvalue weighted by Gasteiger charge is -2.38. The Balaban J connectivity index is 1.40. The Morgan fingerprint density at radius 1 is 0.744 bits per heavy atom. The van der Waals surface area contributed by atoms with Crippen LogP contribution in [0.4, 0.5) is 0 Å². The Morgan fingerprint density at radius 3 is 1.95 bits per heavy atom. The number of aliphatic imine (C=N–C) groups is 2. The minimum absolute atomic E-state index is 0.0415. The van der Waals surface area contributed by atoms with E-state index < -0.39 is 113 Å². The van der Waals surface area contributed by atoms with Gasteiger partial charge in [0.25, 0.3) is 5.91 Å². The van der Waals surface area contributed by atoms with Crippen molar-refractivity contribution in [3.05, 3.63) is 71.8 Å². The molecule has 0 aliphatic carbocycles. The molecular weight excluding hydrogens is 1030 g/mol. The molecule has 0 unspecified atom stereocenters. The molecule has 1 saturated heterocycles. The number of thioether (sulfide) groups is 2. The monoisotopic (exact) mass is 1120 g/mol. The summed E-state index contributed by atoms with van der Waals surface area (Å²) in [7, 11) is 4.70. The highest BCUT2D eigenvalue weighted by Gasteiger charge is 2.47. The third-order valence-electron chi connectivity index (χ3n) is 15.3. The second-order valence-corrected chi connectivity index (χ2v) is 24.3. The van der Waals surface area contributed by atoms with Crippen LogP contribution < -0.4 is 16.0 Å². The van der Waals surface area contributed by atoms with Crippen molar-refractivity contribution < 1.29 is 48.2 Å². The number of esters is 1. The number of fused-ring (bicyclic) bond motifs is 3. The number of cyclic esters (lactones) is 1. The molecule has 0 spiro atoms. The maximum Gasteiger partial charge on any atom is 0.311 e. The van der Waals surface area contributed by atoms with E-state index in [9.17, 15) is 33.9 Å². The van der Waals surface area contributed by atoms with Gasteiger partial charge >= 0.3 is 5.97 Å². The van der Waals surface area contributed by atoms with E-state index in [1.807, 2.05) is 71.0 Å². The summed E-state index contributed by atoms with van der Waals surface area (Å²) in [6.07, 6.45) is -0.911.